The van der Waals surface area contributed by atoms with Crippen molar-refractivity contribution in [2.75, 3.05) is 13.1 Å². The van der Waals surface area contributed by atoms with Gasteiger partial charge in [0.15, 0.2) is 0 Å². The minimum atomic E-state index is -0.218. The van der Waals surface area contributed by atoms with Crippen molar-refractivity contribution in [1.29, 1.82) is 0 Å². The SMILES string of the molecule is NCc1ccc(C(=O)NCCCNC(=O)c2ccccc2Cl)cc1. The predicted molar refractivity (Wildman–Crippen MR) is 95.1 cm³/mol. The highest BCUT2D eigenvalue weighted by Crippen LogP contribution is 2.14. The summed E-state index contributed by atoms with van der Waals surface area (Å²) < 4.78 is 0. The van der Waals surface area contributed by atoms with Crippen LogP contribution in [0.15, 0.2) is 48.5 Å². The first kappa shape index (κ1) is 18.0. The van der Waals surface area contributed by atoms with Gasteiger partial charge in [0.05, 0.1) is 10.6 Å². The lowest BCUT2D eigenvalue weighted by molar-refractivity contribution is 0.0952. The van der Waals surface area contributed by atoms with Gasteiger partial charge in [-0.2, -0.15) is 0 Å². The van der Waals surface area contributed by atoms with Crippen LogP contribution in [0.4, 0.5) is 0 Å². The summed E-state index contributed by atoms with van der Waals surface area (Å²) in [6.45, 7) is 1.38. The summed E-state index contributed by atoms with van der Waals surface area (Å²) in [5.41, 5.74) is 7.54. The van der Waals surface area contributed by atoms with Crippen LogP contribution in [0, 0.1) is 0 Å². The molecule has 0 heterocycles. The summed E-state index contributed by atoms with van der Waals surface area (Å²) in [5.74, 6) is -0.361. The normalized spacial score (nSPS) is 10.2. The van der Waals surface area contributed by atoms with Crippen LogP contribution in [0.3, 0.4) is 0 Å². The Labute approximate surface area is 146 Å². The average molecular weight is 346 g/mol. The molecule has 2 aromatic rings. The number of hydrogen-bond acceptors (Lipinski definition) is 3. The van der Waals surface area contributed by atoms with Gasteiger partial charge < -0.3 is 16.4 Å². The largest absolute Gasteiger partial charge is 0.352 e. The Balaban J connectivity index is 1.70. The monoisotopic (exact) mass is 345 g/mol. The molecule has 2 rings (SSSR count). The molecule has 0 atom stereocenters. The van der Waals surface area contributed by atoms with Crippen LogP contribution >= 0.6 is 11.6 Å². The van der Waals surface area contributed by atoms with Crippen LogP contribution in [-0.4, -0.2) is 24.9 Å². The Morgan fingerprint density at radius 3 is 2.17 bits per heavy atom. The number of benzene rings is 2. The maximum absolute atomic E-state index is 12.0. The van der Waals surface area contributed by atoms with Gasteiger partial charge in [0.25, 0.3) is 11.8 Å². The Morgan fingerprint density at radius 1 is 0.917 bits per heavy atom. The van der Waals surface area contributed by atoms with Crippen molar-refractivity contribution in [3.8, 4) is 0 Å². The van der Waals surface area contributed by atoms with E-state index in [2.05, 4.69) is 10.6 Å². The van der Waals surface area contributed by atoms with Gasteiger partial charge in [0.2, 0.25) is 0 Å². The molecule has 0 aliphatic rings. The van der Waals surface area contributed by atoms with Crippen molar-refractivity contribution in [1.82, 2.24) is 10.6 Å². The molecule has 6 heteroatoms. The molecule has 0 saturated carbocycles. The number of nitrogens with two attached hydrogens (primary N) is 1. The smallest absolute Gasteiger partial charge is 0.252 e. The maximum atomic E-state index is 12.0. The first-order valence-corrected chi connectivity index (χ1v) is 8.09. The van der Waals surface area contributed by atoms with Gasteiger partial charge in [-0.1, -0.05) is 35.9 Å². The van der Waals surface area contributed by atoms with Crippen molar-refractivity contribution >= 4 is 23.4 Å². The number of hydrogen-bond donors (Lipinski definition) is 3. The zero-order chi connectivity index (χ0) is 17.4. The second kappa shape index (κ2) is 9.05. The highest BCUT2D eigenvalue weighted by molar-refractivity contribution is 6.33. The molecule has 24 heavy (non-hydrogen) atoms. The molecule has 0 bridgehead atoms. The number of carbonyl (C=O) groups excluding carboxylic acids is 2. The minimum Gasteiger partial charge on any atom is -0.352 e. The first-order chi connectivity index (χ1) is 11.6. The van der Waals surface area contributed by atoms with Crippen LogP contribution in [0.1, 0.15) is 32.7 Å². The van der Waals surface area contributed by atoms with Gasteiger partial charge in [-0.25, -0.2) is 0 Å². The van der Waals surface area contributed by atoms with Gasteiger partial charge in [0, 0.05) is 25.2 Å². The van der Waals surface area contributed by atoms with Gasteiger partial charge in [-0.3, -0.25) is 9.59 Å². The van der Waals surface area contributed by atoms with Crippen molar-refractivity contribution < 1.29 is 9.59 Å². The summed E-state index contributed by atoms with van der Waals surface area (Å²) >= 11 is 5.96. The fraction of sp³-hybridized carbons (Fsp3) is 0.222. The average Bonchev–Trinajstić information content (AvgIpc) is 2.61. The molecule has 5 nitrogen and oxygen atoms in total. The molecule has 0 aromatic heterocycles. The van der Waals surface area contributed by atoms with E-state index >= 15 is 0 Å². The predicted octanol–water partition coefficient (Wildman–Crippen LogP) is 2.35. The molecule has 2 aromatic carbocycles. The summed E-state index contributed by atoms with van der Waals surface area (Å²) in [5, 5.41) is 6.01. The van der Waals surface area contributed by atoms with Crippen LogP contribution in [0.25, 0.3) is 0 Å². The molecule has 0 saturated heterocycles. The molecule has 0 radical (unpaired) electrons. The standard InChI is InChI=1S/C18H20ClN3O2/c19-16-5-2-1-4-15(16)18(24)22-11-3-10-21-17(23)14-8-6-13(12-20)7-9-14/h1-2,4-9H,3,10-12,20H2,(H,21,23)(H,22,24). The Hall–Kier alpha value is -2.37. The third-order valence-electron chi connectivity index (χ3n) is 3.49. The molecule has 126 valence electrons. The number of rotatable bonds is 7. The Morgan fingerprint density at radius 2 is 1.54 bits per heavy atom. The van der Waals surface area contributed by atoms with Crippen molar-refractivity contribution in [3.05, 3.63) is 70.2 Å². The van der Waals surface area contributed by atoms with E-state index in [0.717, 1.165) is 5.56 Å². The maximum Gasteiger partial charge on any atom is 0.252 e. The lowest BCUT2D eigenvalue weighted by Crippen LogP contribution is -2.30. The Kier molecular flexibility index (Phi) is 6.78. The molecule has 0 fully saturated rings. The lowest BCUT2D eigenvalue weighted by atomic mass is 10.1. The second-order valence-electron chi connectivity index (χ2n) is 5.25. The third-order valence-corrected chi connectivity index (χ3v) is 3.82. The molecule has 0 unspecified atom stereocenters. The van der Waals surface area contributed by atoms with E-state index in [1.807, 2.05) is 12.1 Å². The van der Waals surface area contributed by atoms with Crippen molar-refractivity contribution in [3.63, 3.8) is 0 Å². The highest BCUT2D eigenvalue weighted by Gasteiger charge is 2.08. The van der Waals surface area contributed by atoms with Gasteiger partial charge in [0.1, 0.15) is 0 Å². The molecular formula is C18H20ClN3O2. The van der Waals surface area contributed by atoms with Crippen LogP contribution in [0.2, 0.25) is 5.02 Å². The van der Waals surface area contributed by atoms with E-state index < -0.39 is 0 Å². The van der Waals surface area contributed by atoms with Crippen LogP contribution < -0.4 is 16.4 Å². The van der Waals surface area contributed by atoms with E-state index in [9.17, 15) is 9.59 Å². The second-order valence-corrected chi connectivity index (χ2v) is 5.65. The van der Waals surface area contributed by atoms with E-state index in [-0.39, 0.29) is 11.8 Å². The molecular weight excluding hydrogens is 326 g/mol. The summed E-state index contributed by atoms with van der Waals surface area (Å²) in [6.07, 6.45) is 0.628. The molecule has 0 aliphatic carbocycles. The van der Waals surface area contributed by atoms with E-state index in [0.29, 0.717) is 42.2 Å². The number of halogens is 1. The number of amides is 2. The first-order valence-electron chi connectivity index (χ1n) is 7.71. The summed E-state index contributed by atoms with van der Waals surface area (Å²) in [4.78, 5) is 23.9. The quantitative estimate of drug-likeness (QED) is 0.673. The fourth-order valence-electron chi connectivity index (χ4n) is 2.13. The number of carbonyl (C=O) groups is 2. The molecule has 0 aliphatic heterocycles. The summed E-state index contributed by atoms with van der Waals surface area (Å²) in [7, 11) is 0. The zero-order valence-electron chi connectivity index (χ0n) is 13.2. The van der Waals surface area contributed by atoms with Crippen LogP contribution in [0.5, 0.6) is 0 Å². The van der Waals surface area contributed by atoms with Crippen molar-refractivity contribution in [2.24, 2.45) is 5.73 Å². The molecule has 2 amide bonds. The van der Waals surface area contributed by atoms with Crippen molar-refractivity contribution in [2.45, 2.75) is 13.0 Å². The van der Waals surface area contributed by atoms with Crippen LogP contribution in [-0.2, 0) is 6.54 Å². The minimum absolute atomic E-state index is 0.143. The van der Waals surface area contributed by atoms with E-state index in [1.54, 1.807) is 36.4 Å². The summed E-state index contributed by atoms with van der Waals surface area (Å²) in [6, 6.07) is 14.0. The van der Waals surface area contributed by atoms with Gasteiger partial charge in [-0.05, 0) is 36.2 Å². The van der Waals surface area contributed by atoms with E-state index in [4.69, 9.17) is 17.3 Å². The molecule has 0 spiro atoms. The topological polar surface area (TPSA) is 84.2 Å². The number of nitrogens with one attached hydrogen (secondary N) is 2. The molecule has 4 N–H and O–H groups in total. The zero-order valence-corrected chi connectivity index (χ0v) is 14.0. The fourth-order valence-corrected chi connectivity index (χ4v) is 2.35. The third kappa shape index (κ3) is 5.08. The highest BCUT2D eigenvalue weighted by atomic mass is 35.5. The Bertz CT molecular complexity index is 702. The van der Waals surface area contributed by atoms with E-state index in [1.165, 1.54) is 0 Å². The lowest BCUT2D eigenvalue weighted by Gasteiger charge is -2.08. The van der Waals surface area contributed by atoms with Gasteiger partial charge >= 0.3 is 0 Å². The van der Waals surface area contributed by atoms with Gasteiger partial charge in [-0.15, -0.1) is 0 Å².